The minimum Gasteiger partial charge on any atom is -0.274 e. The molecule has 1 aliphatic rings. The third kappa shape index (κ3) is 2.91. The van der Waals surface area contributed by atoms with E-state index in [2.05, 4.69) is 23.2 Å². The highest BCUT2D eigenvalue weighted by Gasteiger charge is 2.34. The zero-order valence-corrected chi connectivity index (χ0v) is 14.3. The van der Waals surface area contributed by atoms with Gasteiger partial charge in [0, 0.05) is 29.6 Å². The predicted octanol–water partition coefficient (Wildman–Crippen LogP) is 3.76. The number of aromatic nitrogens is 1. The van der Waals surface area contributed by atoms with Crippen molar-refractivity contribution in [3.8, 4) is 0 Å². The zero-order chi connectivity index (χ0) is 17.2. The van der Waals surface area contributed by atoms with Gasteiger partial charge in [0.05, 0.1) is 16.6 Å². The van der Waals surface area contributed by atoms with E-state index in [1.54, 1.807) is 42.2 Å². The second-order valence-electron chi connectivity index (χ2n) is 5.85. The van der Waals surface area contributed by atoms with Crippen LogP contribution in [0, 0.1) is 0 Å². The number of carbonyl (C=O) groups is 2. The molecule has 25 heavy (non-hydrogen) atoms. The van der Waals surface area contributed by atoms with Gasteiger partial charge in [0.25, 0.3) is 11.8 Å². The number of amides is 2. The molecule has 1 aliphatic heterocycles. The summed E-state index contributed by atoms with van der Waals surface area (Å²) in [7, 11) is 0. The lowest BCUT2D eigenvalue weighted by Crippen LogP contribution is -2.31. The average molecular weight is 348 g/mol. The number of thioether (sulfide) groups is 1. The molecule has 0 N–H and O–H groups in total. The van der Waals surface area contributed by atoms with E-state index in [1.165, 1.54) is 10.5 Å². The van der Waals surface area contributed by atoms with Crippen LogP contribution < -0.4 is 0 Å². The summed E-state index contributed by atoms with van der Waals surface area (Å²) in [5.41, 5.74) is 3.20. The maximum atomic E-state index is 12.3. The fourth-order valence-corrected chi connectivity index (χ4v) is 3.97. The van der Waals surface area contributed by atoms with Crippen LogP contribution in [0.25, 0.3) is 10.9 Å². The lowest BCUT2D eigenvalue weighted by atomic mass is 10.1. The highest BCUT2D eigenvalue weighted by molar-refractivity contribution is 7.98. The van der Waals surface area contributed by atoms with Crippen molar-refractivity contribution in [2.75, 3.05) is 12.3 Å². The average Bonchev–Trinajstić information content (AvgIpc) is 2.90. The first-order chi connectivity index (χ1) is 12.3. The van der Waals surface area contributed by atoms with Crippen molar-refractivity contribution >= 4 is 34.5 Å². The summed E-state index contributed by atoms with van der Waals surface area (Å²) in [5, 5.41) is 1.13. The molecule has 0 saturated heterocycles. The Balaban J connectivity index is 1.39. The maximum Gasteiger partial charge on any atom is 0.261 e. The minimum atomic E-state index is -0.187. The molecule has 0 saturated carbocycles. The standard InChI is InChI=1S/C20H16N2O2S/c23-19-16-8-1-2-9-17(16)20(24)22(19)11-12-25-13-15-6-3-5-14-7-4-10-21-18(14)15/h1-10H,11-13H2. The summed E-state index contributed by atoms with van der Waals surface area (Å²) in [6.45, 7) is 0.426. The molecule has 2 heterocycles. The number of pyridine rings is 1. The SMILES string of the molecule is O=C1c2ccccc2C(=O)N1CCSCc1cccc2cccnc12. The molecule has 1 aromatic heterocycles. The highest BCUT2D eigenvalue weighted by atomic mass is 32.2. The van der Waals surface area contributed by atoms with Crippen LogP contribution >= 0.6 is 11.8 Å². The number of para-hydroxylation sites is 1. The first kappa shape index (κ1) is 15.8. The van der Waals surface area contributed by atoms with Gasteiger partial charge in [-0.3, -0.25) is 19.5 Å². The van der Waals surface area contributed by atoms with Crippen LogP contribution in [-0.4, -0.2) is 34.0 Å². The predicted molar refractivity (Wildman–Crippen MR) is 99.7 cm³/mol. The molecule has 0 aliphatic carbocycles. The van der Waals surface area contributed by atoms with E-state index in [0.717, 1.165) is 16.7 Å². The molecule has 0 unspecified atom stereocenters. The van der Waals surface area contributed by atoms with Crippen LogP contribution in [0.4, 0.5) is 0 Å². The van der Waals surface area contributed by atoms with Gasteiger partial charge >= 0.3 is 0 Å². The largest absolute Gasteiger partial charge is 0.274 e. The summed E-state index contributed by atoms with van der Waals surface area (Å²) >= 11 is 1.70. The number of hydrogen-bond acceptors (Lipinski definition) is 4. The molecule has 0 fully saturated rings. The maximum absolute atomic E-state index is 12.3. The van der Waals surface area contributed by atoms with Gasteiger partial charge in [0.2, 0.25) is 0 Å². The molecule has 0 bridgehead atoms. The van der Waals surface area contributed by atoms with Crippen molar-refractivity contribution < 1.29 is 9.59 Å². The van der Waals surface area contributed by atoms with Gasteiger partial charge in [-0.1, -0.05) is 36.4 Å². The summed E-state index contributed by atoms with van der Waals surface area (Å²) in [6.07, 6.45) is 1.80. The number of imide groups is 1. The molecular formula is C20H16N2O2S. The Labute approximate surface area is 149 Å². The quantitative estimate of drug-likeness (QED) is 0.520. The molecular weight excluding hydrogens is 332 g/mol. The molecule has 2 amide bonds. The summed E-state index contributed by atoms with van der Waals surface area (Å²) in [5.74, 6) is 1.13. The zero-order valence-electron chi connectivity index (χ0n) is 13.5. The van der Waals surface area contributed by atoms with Crippen LogP contribution in [0.2, 0.25) is 0 Å². The van der Waals surface area contributed by atoms with Crippen LogP contribution in [0.5, 0.6) is 0 Å². The number of hydrogen-bond donors (Lipinski definition) is 0. The Bertz CT molecular complexity index is 930. The van der Waals surface area contributed by atoms with Crippen molar-refractivity contribution in [3.63, 3.8) is 0 Å². The number of rotatable bonds is 5. The molecule has 0 radical (unpaired) electrons. The van der Waals surface area contributed by atoms with Crippen LogP contribution in [0.1, 0.15) is 26.3 Å². The summed E-state index contributed by atoms with van der Waals surface area (Å²) in [6, 6.07) is 17.1. The van der Waals surface area contributed by atoms with Gasteiger partial charge in [-0.2, -0.15) is 11.8 Å². The van der Waals surface area contributed by atoms with Gasteiger partial charge in [-0.15, -0.1) is 0 Å². The Morgan fingerprint density at radius 3 is 2.36 bits per heavy atom. The van der Waals surface area contributed by atoms with Gasteiger partial charge in [0.1, 0.15) is 0 Å². The Morgan fingerprint density at radius 1 is 0.880 bits per heavy atom. The smallest absolute Gasteiger partial charge is 0.261 e. The molecule has 4 nitrogen and oxygen atoms in total. The molecule has 124 valence electrons. The van der Waals surface area contributed by atoms with Crippen LogP contribution in [0.3, 0.4) is 0 Å². The fraction of sp³-hybridized carbons (Fsp3) is 0.150. The fourth-order valence-electron chi connectivity index (χ4n) is 3.06. The van der Waals surface area contributed by atoms with E-state index < -0.39 is 0 Å². The third-order valence-electron chi connectivity index (χ3n) is 4.31. The van der Waals surface area contributed by atoms with Gasteiger partial charge < -0.3 is 0 Å². The Hall–Kier alpha value is -2.66. The monoisotopic (exact) mass is 348 g/mol. The molecule has 0 atom stereocenters. The van der Waals surface area contributed by atoms with E-state index in [0.29, 0.717) is 23.4 Å². The number of fused-ring (bicyclic) bond motifs is 2. The Morgan fingerprint density at radius 2 is 1.60 bits per heavy atom. The first-order valence-corrected chi connectivity index (χ1v) is 9.27. The molecule has 0 spiro atoms. The van der Waals surface area contributed by atoms with Gasteiger partial charge in [0.15, 0.2) is 0 Å². The van der Waals surface area contributed by atoms with E-state index >= 15 is 0 Å². The minimum absolute atomic E-state index is 0.187. The van der Waals surface area contributed by atoms with E-state index in [1.807, 2.05) is 12.1 Å². The number of carbonyl (C=O) groups excluding carboxylic acids is 2. The van der Waals surface area contributed by atoms with E-state index in [9.17, 15) is 9.59 Å². The van der Waals surface area contributed by atoms with Crippen LogP contribution in [0.15, 0.2) is 60.8 Å². The lowest BCUT2D eigenvalue weighted by molar-refractivity contribution is 0.0664. The third-order valence-corrected chi connectivity index (χ3v) is 5.30. The van der Waals surface area contributed by atoms with Crippen molar-refractivity contribution in [1.82, 2.24) is 9.88 Å². The first-order valence-electron chi connectivity index (χ1n) is 8.11. The van der Waals surface area contributed by atoms with Gasteiger partial charge in [-0.05, 0) is 23.8 Å². The van der Waals surface area contributed by atoms with Gasteiger partial charge in [-0.25, -0.2) is 0 Å². The number of nitrogens with zero attached hydrogens (tertiary/aromatic N) is 2. The summed E-state index contributed by atoms with van der Waals surface area (Å²) < 4.78 is 0. The normalized spacial score (nSPS) is 13.5. The molecule has 4 rings (SSSR count). The van der Waals surface area contributed by atoms with E-state index in [4.69, 9.17) is 0 Å². The molecule has 3 aromatic rings. The second kappa shape index (κ2) is 6.69. The lowest BCUT2D eigenvalue weighted by Gasteiger charge is -2.13. The summed E-state index contributed by atoms with van der Waals surface area (Å²) in [4.78, 5) is 30.5. The Kier molecular flexibility index (Phi) is 4.24. The number of benzene rings is 2. The van der Waals surface area contributed by atoms with Crippen molar-refractivity contribution in [2.24, 2.45) is 0 Å². The van der Waals surface area contributed by atoms with Crippen molar-refractivity contribution in [3.05, 3.63) is 77.5 Å². The molecule has 2 aromatic carbocycles. The van der Waals surface area contributed by atoms with Crippen molar-refractivity contribution in [2.45, 2.75) is 5.75 Å². The topological polar surface area (TPSA) is 50.3 Å². The van der Waals surface area contributed by atoms with Crippen LogP contribution in [-0.2, 0) is 5.75 Å². The molecule has 5 heteroatoms. The van der Waals surface area contributed by atoms with Crippen molar-refractivity contribution in [1.29, 1.82) is 0 Å². The van der Waals surface area contributed by atoms with E-state index in [-0.39, 0.29) is 11.8 Å². The second-order valence-corrected chi connectivity index (χ2v) is 6.96. The highest BCUT2D eigenvalue weighted by Crippen LogP contribution is 2.24.